The second-order valence-corrected chi connectivity index (χ2v) is 7.16. The van der Waals surface area contributed by atoms with Gasteiger partial charge in [-0.15, -0.1) is 11.3 Å². The van der Waals surface area contributed by atoms with Crippen molar-refractivity contribution in [1.29, 1.82) is 0 Å². The third kappa shape index (κ3) is 3.41. The second kappa shape index (κ2) is 5.22. The third-order valence-electron chi connectivity index (χ3n) is 2.65. The van der Waals surface area contributed by atoms with Gasteiger partial charge in [-0.05, 0) is 46.6 Å². The molecule has 0 radical (unpaired) electrons. The van der Waals surface area contributed by atoms with E-state index in [1.54, 1.807) is 11.3 Å². The van der Waals surface area contributed by atoms with E-state index in [2.05, 4.69) is 62.4 Å². The van der Waals surface area contributed by atoms with E-state index < -0.39 is 0 Å². The minimum Gasteiger partial charge on any atom is -0.321 e. The highest BCUT2D eigenvalue weighted by molar-refractivity contribution is 9.10. The van der Waals surface area contributed by atoms with Gasteiger partial charge in [-0.1, -0.05) is 28.1 Å². The Morgan fingerprint density at radius 1 is 1.24 bits per heavy atom. The average Bonchev–Trinajstić information content (AvgIpc) is 2.63. The van der Waals surface area contributed by atoms with Crippen LogP contribution in [0.4, 0.5) is 0 Å². The van der Waals surface area contributed by atoms with Gasteiger partial charge in [0.1, 0.15) is 0 Å². The van der Waals surface area contributed by atoms with Gasteiger partial charge in [0, 0.05) is 31.2 Å². The molecule has 0 aliphatic heterocycles. The Bertz CT molecular complexity index is 520. The SMILES string of the molecule is CC(N)(Cc1cc(Br)cs1)c1cccc(Br)c1. The van der Waals surface area contributed by atoms with Gasteiger partial charge in [0.15, 0.2) is 0 Å². The lowest BCUT2D eigenvalue weighted by Gasteiger charge is -2.24. The summed E-state index contributed by atoms with van der Waals surface area (Å²) in [5.74, 6) is 0. The van der Waals surface area contributed by atoms with Gasteiger partial charge >= 0.3 is 0 Å². The van der Waals surface area contributed by atoms with Crippen LogP contribution < -0.4 is 5.73 Å². The highest BCUT2D eigenvalue weighted by Gasteiger charge is 2.22. The fourth-order valence-electron chi connectivity index (χ4n) is 1.75. The summed E-state index contributed by atoms with van der Waals surface area (Å²) < 4.78 is 2.20. The molecule has 1 atom stereocenters. The van der Waals surface area contributed by atoms with Gasteiger partial charge in [-0.2, -0.15) is 0 Å². The predicted octanol–water partition coefficient (Wildman–Crippen LogP) is 4.69. The van der Waals surface area contributed by atoms with Gasteiger partial charge in [0.05, 0.1) is 0 Å². The quantitative estimate of drug-likeness (QED) is 0.828. The van der Waals surface area contributed by atoms with Crippen molar-refractivity contribution in [1.82, 2.24) is 0 Å². The average molecular weight is 375 g/mol. The normalized spacial score (nSPS) is 14.6. The Morgan fingerprint density at radius 2 is 2.00 bits per heavy atom. The lowest BCUT2D eigenvalue weighted by atomic mass is 9.89. The maximum absolute atomic E-state index is 6.42. The standard InChI is InChI=1S/C13H13Br2NS/c1-13(16,7-12-6-11(15)8-17-12)9-3-2-4-10(14)5-9/h2-6,8H,7,16H2,1H3. The van der Waals surface area contributed by atoms with E-state index in [0.29, 0.717) is 0 Å². The number of benzene rings is 1. The predicted molar refractivity (Wildman–Crippen MR) is 81.4 cm³/mol. The number of nitrogens with two attached hydrogens (primary N) is 1. The van der Waals surface area contributed by atoms with Gasteiger partial charge in [0.25, 0.3) is 0 Å². The lowest BCUT2D eigenvalue weighted by Crippen LogP contribution is -2.35. The van der Waals surface area contributed by atoms with Crippen LogP contribution in [0.15, 0.2) is 44.7 Å². The molecule has 0 aliphatic rings. The minimum atomic E-state index is -0.339. The lowest BCUT2D eigenvalue weighted by molar-refractivity contribution is 0.495. The molecule has 2 aromatic rings. The van der Waals surface area contributed by atoms with Crippen molar-refractivity contribution < 1.29 is 0 Å². The Hall–Kier alpha value is -0.160. The molecule has 2 N–H and O–H groups in total. The highest BCUT2D eigenvalue weighted by Crippen LogP contribution is 2.29. The summed E-state index contributed by atoms with van der Waals surface area (Å²) in [7, 11) is 0. The van der Waals surface area contributed by atoms with Crippen molar-refractivity contribution in [3.63, 3.8) is 0 Å². The largest absolute Gasteiger partial charge is 0.321 e. The van der Waals surface area contributed by atoms with Crippen molar-refractivity contribution in [2.45, 2.75) is 18.9 Å². The maximum atomic E-state index is 6.42. The Balaban J connectivity index is 2.24. The van der Waals surface area contributed by atoms with E-state index in [-0.39, 0.29) is 5.54 Å². The molecular weight excluding hydrogens is 362 g/mol. The van der Waals surface area contributed by atoms with E-state index in [0.717, 1.165) is 20.9 Å². The summed E-state index contributed by atoms with van der Waals surface area (Å²) in [4.78, 5) is 1.29. The third-order valence-corrected chi connectivity index (χ3v) is 4.84. The number of hydrogen-bond acceptors (Lipinski definition) is 2. The fraction of sp³-hybridized carbons (Fsp3) is 0.231. The first-order chi connectivity index (χ1) is 7.97. The van der Waals surface area contributed by atoms with Crippen LogP contribution in [-0.4, -0.2) is 0 Å². The monoisotopic (exact) mass is 373 g/mol. The zero-order valence-electron chi connectivity index (χ0n) is 9.41. The number of thiophene rings is 1. The molecule has 0 amide bonds. The zero-order chi connectivity index (χ0) is 12.5. The summed E-state index contributed by atoms with van der Waals surface area (Å²) >= 11 is 8.69. The molecule has 0 bridgehead atoms. The Kier molecular flexibility index (Phi) is 4.08. The molecule has 0 spiro atoms. The first-order valence-corrected chi connectivity index (χ1v) is 7.72. The van der Waals surface area contributed by atoms with Gasteiger partial charge in [-0.25, -0.2) is 0 Å². The Labute approximate surface area is 122 Å². The molecule has 1 heterocycles. The highest BCUT2D eigenvalue weighted by atomic mass is 79.9. The van der Waals surface area contributed by atoms with E-state index >= 15 is 0 Å². The molecule has 2 rings (SSSR count). The van der Waals surface area contributed by atoms with Crippen LogP contribution in [0.25, 0.3) is 0 Å². The van der Waals surface area contributed by atoms with E-state index in [4.69, 9.17) is 5.73 Å². The molecule has 0 saturated carbocycles. The van der Waals surface area contributed by atoms with E-state index in [1.165, 1.54) is 4.88 Å². The first kappa shape index (κ1) is 13.3. The van der Waals surface area contributed by atoms with E-state index in [9.17, 15) is 0 Å². The van der Waals surface area contributed by atoms with Crippen LogP contribution in [0.3, 0.4) is 0 Å². The number of rotatable bonds is 3. The van der Waals surface area contributed by atoms with Crippen LogP contribution in [0.2, 0.25) is 0 Å². The summed E-state index contributed by atoms with van der Waals surface area (Å²) in [5.41, 5.74) is 7.23. The molecule has 1 unspecified atom stereocenters. The van der Waals surface area contributed by atoms with Crippen LogP contribution in [0.1, 0.15) is 17.4 Å². The van der Waals surface area contributed by atoms with Crippen molar-refractivity contribution in [3.8, 4) is 0 Å². The molecule has 1 nitrogen and oxygen atoms in total. The summed E-state index contributed by atoms with van der Waals surface area (Å²) in [5, 5.41) is 2.09. The molecule has 0 saturated heterocycles. The van der Waals surface area contributed by atoms with Crippen molar-refractivity contribution >= 4 is 43.2 Å². The molecule has 0 aliphatic carbocycles. The van der Waals surface area contributed by atoms with Crippen LogP contribution in [-0.2, 0) is 12.0 Å². The molecule has 4 heteroatoms. The molecule has 1 aromatic carbocycles. The number of halogens is 2. The topological polar surface area (TPSA) is 26.0 Å². The molecule has 17 heavy (non-hydrogen) atoms. The summed E-state index contributed by atoms with van der Waals surface area (Å²) in [6.07, 6.45) is 0.847. The number of hydrogen-bond donors (Lipinski definition) is 1. The van der Waals surface area contributed by atoms with Crippen molar-refractivity contribution in [2.24, 2.45) is 5.73 Å². The summed E-state index contributed by atoms with van der Waals surface area (Å²) in [6.45, 7) is 2.07. The van der Waals surface area contributed by atoms with Gasteiger partial charge < -0.3 is 5.73 Å². The molecule has 1 aromatic heterocycles. The minimum absolute atomic E-state index is 0.339. The second-order valence-electron chi connectivity index (χ2n) is 4.34. The van der Waals surface area contributed by atoms with Crippen molar-refractivity contribution in [3.05, 3.63) is 55.1 Å². The van der Waals surface area contributed by atoms with Gasteiger partial charge in [0.2, 0.25) is 0 Å². The van der Waals surface area contributed by atoms with Crippen LogP contribution >= 0.6 is 43.2 Å². The van der Waals surface area contributed by atoms with E-state index in [1.807, 2.05) is 12.1 Å². The summed E-state index contributed by atoms with van der Waals surface area (Å²) in [6, 6.07) is 10.3. The smallest absolute Gasteiger partial charge is 0.0430 e. The fourth-order valence-corrected chi connectivity index (χ4v) is 3.77. The van der Waals surface area contributed by atoms with Crippen LogP contribution in [0, 0.1) is 0 Å². The molecule has 90 valence electrons. The Morgan fingerprint density at radius 3 is 2.59 bits per heavy atom. The molecular formula is C13H13Br2NS. The van der Waals surface area contributed by atoms with Crippen LogP contribution in [0.5, 0.6) is 0 Å². The van der Waals surface area contributed by atoms with Gasteiger partial charge in [-0.3, -0.25) is 0 Å². The maximum Gasteiger partial charge on any atom is 0.0430 e. The van der Waals surface area contributed by atoms with Crippen molar-refractivity contribution in [2.75, 3.05) is 0 Å². The first-order valence-electron chi connectivity index (χ1n) is 5.25. The zero-order valence-corrected chi connectivity index (χ0v) is 13.4. The molecule has 0 fully saturated rings.